The number of carbonyl (C=O) groups excluding carboxylic acids is 1. The molecular weight excluding hydrogens is 279 g/mol. The van der Waals surface area contributed by atoms with E-state index in [9.17, 15) is 9.18 Å². The van der Waals surface area contributed by atoms with Crippen molar-refractivity contribution in [3.63, 3.8) is 0 Å². The van der Waals surface area contributed by atoms with Crippen molar-refractivity contribution in [3.8, 4) is 0 Å². The van der Waals surface area contributed by atoms with Gasteiger partial charge in [-0.3, -0.25) is 4.79 Å². The Morgan fingerprint density at radius 1 is 1.45 bits per heavy atom. The van der Waals surface area contributed by atoms with Gasteiger partial charge in [-0.1, -0.05) is 38.4 Å². The molecule has 0 spiro atoms. The molecule has 1 atom stereocenters. The van der Waals surface area contributed by atoms with Gasteiger partial charge in [0.15, 0.2) is 0 Å². The lowest BCUT2D eigenvalue weighted by atomic mass is 9.84. The highest BCUT2D eigenvalue weighted by Gasteiger charge is 2.23. The van der Waals surface area contributed by atoms with Gasteiger partial charge in [0, 0.05) is 13.1 Å². The first kappa shape index (κ1) is 16.9. The van der Waals surface area contributed by atoms with E-state index in [0.717, 1.165) is 12.0 Å². The molecule has 1 rings (SSSR count). The van der Waals surface area contributed by atoms with Crippen molar-refractivity contribution in [3.05, 3.63) is 34.6 Å². The minimum atomic E-state index is -0.464. The van der Waals surface area contributed by atoms with Crippen molar-refractivity contribution in [1.29, 1.82) is 0 Å². The molecule has 5 heteroatoms. The minimum absolute atomic E-state index is 0.0422. The fourth-order valence-corrected chi connectivity index (χ4v) is 2.21. The summed E-state index contributed by atoms with van der Waals surface area (Å²) in [6.07, 6.45) is 0.722. The van der Waals surface area contributed by atoms with E-state index in [4.69, 9.17) is 17.3 Å². The molecule has 0 aliphatic heterocycles. The van der Waals surface area contributed by atoms with Gasteiger partial charge in [0.25, 0.3) is 0 Å². The van der Waals surface area contributed by atoms with Crippen LogP contribution in [0.2, 0.25) is 5.02 Å². The molecule has 1 aromatic carbocycles. The van der Waals surface area contributed by atoms with Crippen molar-refractivity contribution in [2.75, 3.05) is 6.54 Å². The van der Waals surface area contributed by atoms with Crippen LogP contribution < -0.4 is 11.1 Å². The second-order valence-corrected chi connectivity index (χ2v) is 6.57. The summed E-state index contributed by atoms with van der Waals surface area (Å²) in [5, 5.41) is 2.88. The maximum absolute atomic E-state index is 13.0. The standard InChI is InChI=1S/C15H22ClFN2O/c1-15(2,3)7-11(8-18)14(20)19-9-10-4-5-13(17)12(16)6-10/h4-6,11H,7-9,18H2,1-3H3,(H,19,20). The van der Waals surface area contributed by atoms with Gasteiger partial charge in [-0.25, -0.2) is 4.39 Å². The number of hydrogen-bond acceptors (Lipinski definition) is 2. The zero-order valence-electron chi connectivity index (χ0n) is 12.2. The van der Waals surface area contributed by atoms with Crippen LogP contribution in [0.1, 0.15) is 32.8 Å². The maximum Gasteiger partial charge on any atom is 0.224 e. The molecule has 0 radical (unpaired) electrons. The molecule has 20 heavy (non-hydrogen) atoms. The van der Waals surface area contributed by atoms with Crippen LogP contribution in [-0.4, -0.2) is 12.5 Å². The first-order valence-electron chi connectivity index (χ1n) is 6.64. The monoisotopic (exact) mass is 300 g/mol. The summed E-state index contributed by atoms with van der Waals surface area (Å²) in [4.78, 5) is 12.1. The van der Waals surface area contributed by atoms with Crippen LogP contribution in [0.25, 0.3) is 0 Å². The van der Waals surface area contributed by atoms with E-state index in [1.807, 2.05) is 0 Å². The molecule has 0 heterocycles. The largest absolute Gasteiger partial charge is 0.352 e. The lowest BCUT2D eigenvalue weighted by molar-refractivity contribution is -0.125. The first-order valence-corrected chi connectivity index (χ1v) is 7.02. The molecule has 0 bridgehead atoms. The third-order valence-corrected chi connectivity index (χ3v) is 3.25. The van der Waals surface area contributed by atoms with Crippen molar-refractivity contribution < 1.29 is 9.18 Å². The molecular formula is C15H22ClFN2O. The van der Waals surface area contributed by atoms with E-state index in [0.29, 0.717) is 13.1 Å². The number of rotatable bonds is 5. The Balaban J connectivity index is 2.59. The molecule has 0 saturated heterocycles. The predicted octanol–water partition coefficient (Wildman–Crippen LogP) is 3.11. The van der Waals surface area contributed by atoms with Gasteiger partial charge in [-0.15, -0.1) is 0 Å². The Kier molecular flexibility index (Phi) is 5.96. The Morgan fingerprint density at radius 2 is 2.10 bits per heavy atom. The highest BCUT2D eigenvalue weighted by atomic mass is 35.5. The third kappa shape index (κ3) is 5.47. The molecule has 1 unspecified atom stereocenters. The highest BCUT2D eigenvalue weighted by molar-refractivity contribution is 6.30. The zero-order chi connectivity index (χ0) is 15.3. The average Bonchev–Trinajstić information content (AvgIpc) is 2.36. The molecule has 0 aromatic heterocycles. The van der Waals surface area contributed by atoms with E-state index in [2.05, 4.69) is 26.1 Å². The normalized spacial score (nSPS) is 13.1. The number of amides is 1. The molecule has 0 fully saturated rings. The van der Waals surface area contributed by atoms with E-state index < -0.39 is 5.82 Å². The van der Waals surface area contributed by atoms with Gasteiger partial charge in [0.2, 0.25) is 5.91 Å². The number of benzene rings is 1. The number of nitrogens with one attached hydrogen (secondary N) is 1. The zero-order valence-corrected chi connectivity index (χ0v) is 12.9. The molecule has 0 aliphatic rings. The quantitative estimate of drug-likeness (QED) is 0.878. The Labute approximate surface area is 124 Å². The van der Waals surface area contributed by atoms with Crippen LogP contribution in [0.5, 0.6) is 0 Å². The number of nitrogens with two attached hydrogens (primary N) is 1. The summed E-state index contributed by atoms with van der Waals surface area (Å²) < 4.78 is 13.0. The predicted molar refractivity (Wildman–Crippen MR) is 79.9 cm³/mol. The van der Waals surface area contributed by atoms with Crippen LogP contribution in [0.4, 0.5) is 4.39 Å². The molecule has 1 aromatic rings. The molecule has 3 nitrogen and oxygen atoms in total. The fraction of sp³-hybridized carbons (Fsp3) is 0.533. The summed E-state index contributed by atoms with van der Waals surface area (Å²) >= 11 is 5.70. The lowest BCUT2D eigenvalue weighted by Crippen LogP contribution is -2.36. The van der Waals surface area contributed by atoms with Crippen LogP contribution in [0, 0.1) is 17.2 Å². The van der Waals surface area contributed by atoms with Crippen LogP contribution in [-0.2, 0) is 11.3 Å². The second kappa shape index (κ2) is 7.04. The van der Waals surface area contributed by atoms with Crippen LogP contribution >= 0.6 is 11.6 Å². The van der Waals surface area contributed by atoms with E-state index in [1.54, 1.807) is 6.07 Å². The summed E-state index contributed by atoms with van der Waals surface area (Å²) in [5.74, 6) is -0.761. The Hall–Kier alpha value is -1.13. The summed E-state index contributed by atoms with van der Waals surface area (Å²) in [6, 6.07) is 4.40. The maximum atomic E-state index is 13.0. The van der Waals surface area contributed by atoms with Gasteiger partial charge in [-0.05, 0) is 29.5 Å². The first-order chi connectivity index (χ1) is 9.23. The summed E-state index contributed by atoms with van der Waals surface area (Å²) in [6.45, 7) is 6.85. The fourth-order valence-electron chi connectivity index (χ4n) is 2.01. The molecule has 3 N–H and O–H groups in total. The third-order valence-electron chi connectivity index (χ3n) is 2.96. The molecule has 1 amide bonds. The van der Waals surface area contributed by atoms with Crippen molar-refractivity contribution in [2.45, 2.75) is 33.7 Å². The van der Waals surface area contributed by atoms with E-state index in [1.165, 1.54) is 12.1 Å². The highest BCUT2D eigenvalue weighted by Crippen LogP contribution is 2.24. The Bertz CT molecular complexity index is 471. The van der Waals surface area contributed by atoms with Crippen molar-refractivity contribution >= 4 is 17.5 Å². The van der Waals surface area contributed by atoms with Gasteiger partial charge >= 0.3 is 0 Å². The summed E-state index contributed by atoms with van der Waals surface area (Å²) in [7, 11) is 0. The van der Waals surface area contributed by atoms with Crippen LogP contribution in [0.3, 0.4) is 0 Å². The topological polar surface area (TPSA) is 55.1 Å². The van der Waals surface area contributed by atoms with Crippen LogP contribution in [0.15, 0.2) is 18.2 Å². The van der Waals surface area contributed by atoms with E-state index >= 15 is 0 Å². The lowest BCUT2D eigenvalue weighted by Gasteiger charge is -2.24. The molecule has 112 valence electrons. The van der Waals surface area contributed by atoms with Gasteiger partial charge in [0.1, 0.15) is 5.82 Å². The smallest absolute Gasteiger partial charge is 0.224 e. The number of carbonyl (C=O) groups is 1. The SMILES string of the molecule is CC(C)(C)CC(CN)C(=O)NCc1ccc(F)c(Cl)c1. The van der Waals surface area contributed by atoms with Crippen molar-refractivity contribution in [1.82, 2.24) is 5.32 Å². The molecule has 0 saturated carbocycles. The second-order valence-electron chi connectivity index (χ2n) is 6.16. The minimum Gasteiger partial charge on any atom is -0.352 e. The van der Waals surface area contributed by atoms with Gasteiger partial charge in [-0.2, -0.15) is 0 Å². The number of halogens is 2. The van der Waals surface area contributed by atoms with Gasteiger partial charge < -0.3 is 11.1 Å². The molecule has 0 aliphatic carbocycles. The Morgan fingerprint density at radius 3 is 2.60 bits per heavy atom. The van der Waals surface area contributed by atoms with E-state index in [-0.39, 0.29) is 22.3 Å². The van der Waals surface area contributed by atoms with Gasteiger partial charge in [0.05, 0.1) is 10.9 Å². The number of hydrogen-bond donors (Lipinski definition) is 2. The summed E-state index contributed by atoms with van der Waals surface area (Å²) in [5.41, 5.74) is 6.46. The average molecular weight is 301 g/mol. The van der Waals surface area contributed by atoms with Crippen molar-refractivity contribution in [2.24, 2.45) is 17.1 Å².